The van der Waals surface area contributed by atoms with E-state index in [9.17, 15) is 9.18 Å². The number of pyridine rings is 2. The largest absolute Gasteiger partial charge is 0.393 e. The van der Waals surface area contributed by atoms with Gasteiger partial charge in [0.1, 0.15) is 18.3 Å². The molecule has 0 bridgehead atoms. The van der Waals surface area contributed by atoms with E-state index in [1.54, 1.807) is 37.8 Å². The summed E-state index contributed by atoms with van der Waals surface area (Å²) in [6.45, 7) is 3.15. The third-order valence-corrected chi connectivity index (χ3v) is 5.86. The molecule has 4 rings (SSSR count). The Kier molecular flexibility index (Phi) is 7.44. The summed E-state index contributed by atoms with van der Waals surface area (Å²) in [4.78, 5) is 25.9. The quantitative estimate of drug-likeness (QED) is 0.446. The van der Waals surface area contributed by atoms with Gasteiger partial charge in [-0.05, 0) is 35.2 Å². The Morgan fingerprint density at radius 3 is 2.65 bits per heavy atom. The molecule has 0 atom stereocenters. The number of fused-ring (bicyclic) bond motifs is 1. The Bertz CT molecular complexity index is 1200. The van der Waals surface area contributed by atoms with E-state index in [1.807, 2.05) is 24.3 Å². The third kappa shape index (κ3) is 5.37. The molecule has 9 heteroatoms. The van der Waals surface area contributed by atoms with Gasteiger partial charge < -0.3 is 20.9 Å². The second kappa shape index (κ2) is 10.8. The van der Waals surface area contributed by atoms with Gasteiger partial charge in [-0.3, -0.25) is 9.69 Å². The molecule has 8 nitrogen and oxygen atoms in total. The summed E-state index contributed by atoms with van der Waals surface area (Å²) < 4.78 is 12.6. The van der Waals surface area contributed by atoms with Gasteiger partial charge in [-0.15, -0.1) is 0 Å². The van der Waals surface area contributed by atoms with Gasteiger partial charge in [-0.1, -0.05) is 12.1 Å². The van der Waals surface area contributed by atoms with Crippen LogP contribution < -0.4 is 15.5 Å². The van der Waals surface area contributed by atoms with E-state index in [-0.39, 0.29) is 12.6 Å². The molecule has 3 N–H and O–H groups in total. The van der Waals surface area contributed by atoms with Gasteiger partial charge in [-0.2, -0.15) is 0 Å². The van der Waals surface area contributed by atoms with Gasteiger partial charge in [0, 0.05) is 81.1 Å². The first-order chi connectivity index (χ1) is 16.6. The SMILES string of the molecule is CN/C=C(\C=N)c1ccc2cnc(NC(=O)c3ccnc(N4CCN(CCF)CC4)c3)cc2c1. The number of anilines is 2. The number of rotatable bonds is 8. The smallest absolute Gasteiger partial charge is 0.257 e. The molecule has 1 fully saturated rings. The van der Waals surface area contributed by atoms with Crippen molar-refractivity contribution in [2.75, 3.05) is 56.7 Å². The molecule has 176 valence electrons. The average Bonchev–Trinajstić information content (AvgIpc) is 2.87. The number of halogens is 1. The Morgan fingerprint density at radius 2 is 1.91 bits per heavy atom. The molecule has 1 aliphatic rings. The molecule has 3 heterocycles. The highest BCUT2D eigenvalue weighted by atomic mass is 19.1. The van der Waals surface area contributed by atoms with Crippen LogP contribution in [0.25, 0.3) is 16.3 Å². The zero-order valence-corrected chi connectivity index (χ0v) is 19.1. The first-order valence-electron chi connectivity index (χ1n) is 11.2. The molecule has 0 spiro atoms. The van der Waals surface area contributed by atoms with Crippen molar-refractivity contribution in [2.45, 2.75) is 0 Å². The van der Waals surface area contributed by atoms with E-state index in [0.717, 1.165) is 53.9 Å². The van der Waals surface area contributed by atoms with Crippen LogP contribution in [0.4, 0.5) is 16.0 Å². The fraction of sp³-hybridized carbons (Fsp3) is 0.280. The molecule has 1 aliphatic heterocycles. The summed E-state index contributed by atoms with van der Waals surface area (Å²) in [6.07, 6.45) is 6.41. The highest BCUT2D eigenvalue weighted by Crippen LogP contribution is 2.23. The number of amides is 1. The van der Waals surface area contributed by atoms with Crippen molar-refractivity contribution in [1.29, 1.82) is 5.41 Å². The summed E-state index contributed by atoms with van der Waals surface area (Å²) in [6, 6.07) is 11.1. The molecule has 1 amide bonds. The Balaban J connectivity index is 1.49. The fourth-order valence-corrected chi connectivity index (χ4v) is 3.99. The predicted molar refractivity (Wildman–Crippen MR) is 134 cm³/mol. The molecule has 2 aromatic heterocycles. The van der Waals surface area contributed by atoms with Crippen molar-refractivity contribution in [3.63, 3.8) is 0 Å². The van der Waals surface area contributed by atoms with Crippen LogP contribution in [0.15, 0.2) is 55.0 Å². The van der Waals surface area contributed by atoms with Crippen LogP contribution in [-0.2, 0) is 0 Å². The van der Waals surface area contributed by atoms with Gasteiger partial charge in [0.05, 0.1) is 0 Å². The van der Waals surface area contributed by atoms with Crippen LogP contribution in [0.1, 0.15) is 15.9 Å². The van der Waals surface area contributed by atoms with Gasteiger partial charge in [0.2, 0.25) is 0 Å². The molecule has 0 aliphatic carbocycles. The molecule has 0 saturated carbocycles. The minimum atomic E-state index is -0.339. The molecule has 34 heavy (non-hydrogen) atoms. The number of aromatic nitrogens is 2. The normalized spacial score (nSPS) is 14.8. The monoisotopic (exact) mass is 461 g/mol. The maximum atomic E-state index is 12.9. The van der Waals surface area contributed by atoms with Crippen LogP contribution in [0.2, 0.25) is 0 Å². The number of piperazine rings is 1. The molecular weight excluding hydrogens is 433 g/mol. The van der Waals surface area contributed by atoms with E-state index in [4.69, 9.17) is 5.41 Å². The molecule has 1 aromatic carbocycles. The topological polar surface area (TPSA) is 97.2 Å². The second-order valence-corrected chi connectivity index (χ2v) is 8.04. The highest BCUT2D eigenvalue weighted by molar-refractivity contribution is 6.09. The standard InChI is InChI=1S/C25H28FN7O/c1-28-16-22(15-27)18-2-3-20-17-30-23(13-21(20)12-18)31-25(34)19-4-6-29-24(14-19)33-10-8-32(7-5-26)9-11-33/h2-4,6,12-17,27-28H,5,7-11H2,1H3,(H,30,31,34)/b22-16+,27-15?. The Morgan fingerprint density at radius 1 is 1.09 bits per heavy atom. The lowest BCUT2D eigenvalue weighted by Gasteiger charge is -2.35. The first kappa shape index (κ1) is 23.3. The number of alkyl halides is 1. The zero-order valence-electron chi connectivity index (χ0n) is 19.1. The number of nitrogens with zero attached hydrogens (tertiary/aromatic N) is 4. The van der Waals surface area contributed by atoms with E-state index in [0.29, 0.717) is 17.9 Å². The molecule has 1 saturated heterocycles. The number of hydrogen-bond acceptors (Lipinski definition) is 7. The van der Waals surface area contributed by atoms with Crippen molar-refractivity contribution < 1.29 is 9.18 Å². The summed E-state index contributed by atoms with van der Waals surface area (Å²) in [7, 11) is 1.79. The number of carbonyl (C=O) groups is 1. The zero-order chi connectivity index (χ0) is 23.9. The highest BCUT2D eigenvalue weighted by Gasteiger charge is 2.19. The lowest BCUT2D eigenvalue weighted by Crippen LogP contribution is -2.47. The van der Waals surface area contributed by atoms with Crippen LogP contribution >= 0.6 is 0 Å². The predicted octanol–water partition coefficient (Wildman–Crippen LogP) is 3.18. The Hall–Kier alpha value is -3.85. The maximum Gasteiger partial charge on any atom is 0.257 e. The third-order valence-electron chi connectivity index (χ3n) is 5.86. The van der Waals surface area contributed by atoms with Gasteiger partial charge in [-0.25, -0.2) is 14.4 Å². The number of allylic oxidation sites excluding steroid dienone is 1. The lowest BCUT2D eigenvalue weighted by molar-refractivity contribution is 0.102. The van der Waals surface area contributed by atoms with E-state index in [1.165, 1.54) is 6.21 Å². The van der Waals surface area contributed by atoms with E-state index in [2.05, 4.69) is 30.4 Å². The number of benzene rings is 1. The van der Waals surface area contributed by atoms with Crippen molar-refractivity contribution in [3.8, 4) is 0 Å². The van der Waals surface area contributed by atoms with Gasteiger partial charge in [0.25, 0.3) is 5.91 Å². The van der Waals surface area contributed by atoms with Crippen LogP contribution in [0.3, 0.4) is 0 Å². The maximum absolute atomic E-state index is 12.9. The van der Waals surface area contributed by atoms with Crippen molar-refractivity contribution >= 4 is 40.1 Å². The van der Waals surface area contributed by atoms with Crippen molar-refractivity contribution in [3.05, 3.63) is 66.1 Å². The summed E-state index contributed by atoms with van der Waals surface area (Å²) in [5, 5.41) is 15.3. The summed E-state index contributed by atoms with van der Waals surface area (Å²) in [5.41, 5.74) is 2.14. The minimum Gasteiger partial charge on any atom is -0.393 e. The van der Waals surface area contributed by atoms with E-state index >= 15 is 0 Å². The Labute approximate surface area is 198 Å². The number of carbonyl (C=O) groups excluding carboxylic acids is 1. The molecule has 0 unspecified atom stereocenters. The second-order valence-electron chi connectivity index (χ2n) is 8.04. The van der Waals surface area contributed by atoms with Crippen LogP contribution in [0, 0.1) is 5.41 Å². The van der Waals surface area contributed by atoms with Gasteiger partial charge >= 0.3 is 0 Å². The molecular formula is C25H28FN7O. The lowest BCUT2D eigenvalue weighted by atomic mass is 10.0. The van der Waals surface area contributed by atoms with Gasteiger partial charge in [0.15, 0.2) is 0 Å². The van der Waals surface area contributed by atoms with Crippen LogP contribution in [-0.4, -0.2) is 73.4 Å². The van der Waals surface area contributed by atoms with Crippen LogP contribution in [0.5, 0.6) is 0 Å². The van der Waals surface area contributed by atoms with E-state index < -0.39 is 0 Å². The number of nitrogens with one attached hydrogen (secondary N) is 3. The molecule has 0 radical (unpaired) electrons. The summed E-state index contributed by atoms with van der Waals surface area (Å²) in [5.74, 6) is 0.916. The fourth-order valence-electron chi connectivity index (χ4n) is 3.99. The van der Waals surface area contributed by atoms with Crippen molar-refractivity contribution in [2.24, 2.45) is 0 Å². The van der Waals surface area contributed by atoms with Crippen molar-refractivity contribution in [1.82, 2.24) is 20.2 Å². The number of hydrogen-bond donors (Lipinski definition) is 3. The first-order valence-corrected chi connectivity index (χ1v) is 11.2. The molecule has 3 aromatic rings. The average molecular weight is 462 g/mol. The summed E-state index contributed by atoms with van der Waals surface area (Å²) >= 11 is 0. The minimum absolute atomic E-state index is 0.266.